The summed E-state index contributed by atoms with van der Waals surface area (Å²) in [4.78, 5) is 0. The van der Waals surface area contributed by atoms with Crippen LogP contribution in [0.3, 0.4) is 0 Å². The van der Waals surface area contributed by atoms with Gasteiger partial charge in [0.2, 0.25) is 0 Å². The number of aliphatic hydroxyl groups is 1. The summed E-state index contributed by atoms with van der Waals surface area (Å²) in [7, 11) is 0. The fraction of sp³-hybridized carbons (Fsp3) is 0.250. The molecule has 0 amide bonds. The molecule has 0 aliphatic rings. The molecule has 6 heteroatoms. The Bertz CT molecular complexity index is 608. The molecule has 0 bridgehead atoms. The van der Waals surface area contributed by atoms with Crippen molar-refractivity contribution in [1.82, 2.24) is 0 Å². The number of rotatable bonds is 4. The summed E-state index contributed by atoms with van der Waals surface area (Å²) in [6.07, 6.45) is -5.24. The molecule has 0 radical (unpaired) electrons. The van der Waals surface area contributed by atoms with Crippen molar-refractivity contribution in [2.24, 2.45) is 5.73 Å². The third kappa shape index (κ3) is 4.05. The van der Waals surface area contributed by atoms with Crippen molar-refractivity contribution in [1.29, 1.82) is 0 Å². The second kappa shape index (κ2) is 6.46. The summed E-state index contributed by atoms with van der Waals surface area (Å²) in [6.45, 7) is 0. The maximum atomic E-state index is 12.8. The maximum Gasteiger partial charge on any atom is 0.416 e. The largest absolute Gasteiger partial charge is 0.416 e. The predicted molar refractivity (Wildman–Crippen MR) is 74.5 cm³/mol. The fourth-order valence-corrected chi connectivity index (χ4v) is 2.12. The lowest BCUT2D eigenvalue weighted by Gasteiger charge is -2.20. The van der Waals surface area contributed by atoms with Gasteiger partial charge in [-0.1, -0.05) is 24.3 Å². The molecule has 2 aromatic rings. The highest BCUT2D eigenvalue weighted by atomic mass is 19.4. The third-order valence-electron chi connectivity index (χ3n) is 3.37. The van der Waals surface area contributed by atoms with Gasteiger partial charge in [0.1, 0.15) is 5.82 Å². The van der Waals surface area contributed by atoms with E-state index in [-0.39, 0.29) is 12.2 Å². The van der Waals surface area contributed by atoms with E-state index in [0.717, 1.165) is 17.7 Å². The number of hydrogen-bond donors (Lipinski definition) is 2. The molecular weight excluding hydrogens is 298 g/mol. The minimum atomic E-state index is -4.42. The van der Waals surface area contributed by atoms with Gasteiger partial charge in [-0.3, -0.25) is 0 Å². The monoisotopic (exact) mass is 313 g/mol. The minimum Gasteiger partial charge on any atom is -0.387 e. The van der Waals surface area contributed by atoms with Crippen LogP contribution in [0.15, 0.2) is 48.5 Å². The predicted octanol–water partition coefficient (Wildman–Crippen LogP) is 3.45. The average molecular weight is 313 g/mol. The average Bonchev–Trinajstić information content (AvgIpc) is 2.48. The van der Waals surface area contributed by atoms with E-state index in [2.05, 4.69) is 0 Å². The standard InChI is InChI=1S/C16H15F4NO/c17-13-7-1-10(2-8-13)9-14(21)15(22)11-3-5-12(6-4-11)16(18,19)20/h1-8,14-15,22H,9,21H2/t14-,15-/m1/s1. The van der Waals surface area contributed by atoms with Crippen LogP contribution < -0.4 is 5.73 Å². The lowest BCUT2D eigenvalue weighted by Crippen LogP contribution is -2.30. The Morgan fingerprint density at radius 3 is 2.00 bits per heavy atom. The second-order valence-electron chi connectivity index (χ2n) is 5.06. The van der Waals surface area contributed by atoms with Gasteiger partial charge in [0.25, 0.3) is 0 Å². The first-order valence-electron chi connectivity index (χ1n) is 6.62. The third-order valence-corrected chi connectivity index (χ3v) is 3.37. The lowest BCUT2D eigenvalue weighted by atomic mass is 9.96. The minimum absolute atomic E-state index is 0.280. The number of benzene rings is 2. The molecule has 0 spiro atoms. The number of hydrogen-bond acceptors (Lipinski definition) is 2. The first-order chi connectivity index (χ1) is 10.3. The zero-order valence-corrected chi connectivity index (χ0v) is 11.5. The number of alkyl halides is 3. The van der Waals surface area contributed by atoms with Gasteiger partial charge in [0, 0.05) is 6.04 Å². The molecule has 0 saturated heterocycles. The molecule has 3 N–H and O–H groups in total. The number of nitrogens with two attached hydrogens (primary N) is 1. The van der Waals surface area contributed by atoms with Crippen molar-refractivity contribution in [3.8, 4) is 0 Å². The Labute approximate surface area is 125 Å². The van der Waals surface area contributed by atoms with Gasteiger partial charge < -0.3 is 10.8 Å². The normalized spacial score (nSPS) is 14.6. The molecule has 0 aliphatic heterocycles. The second-order valence-corrected chi connectivity index (χ2v) is 5.06. The molecule has 2 atom stereocenters. The summed E-state index contributed by atoms with van der Waals surface area (Å²) >= 11 is 0. The van der Waals surface area contributed by atoms with Crippen LogP contribution in [0, 0.1) is 5.82 Å². The topological polar surface area (TPSA) is 46.2 Å². The first-order valence-corrected chi connectivity index (χ1v) is 6.62. The molecule has 2 rings (SSSR count). The van der Waals surface area contributed by atoms with Crippen LogP contribution in [0.5, 0.6) is 0 Å². The summed E-state index contributed by atoms with van der Waals surface area (Å²) < 4.78 is 50.3. The summed E-state index contributed by atoms with van der Waals surface area (Å²) in [5.41, 5.74) is 6.14. The van der Waals surface area contributed by atoms with Crippen LogP contribution in [-0.2, 0) is 12.6 Å². The molecule has 0 aromatic heterocycles. The highest BCUT2D eigenvalue weighted by molar-refractivity contribution is 5.27. The van der Waals surface area contributed by atoms with E-state index in [0.29, 0.717) is 5.56 Å². The smallest absolute Gasteiger partial charge is 0.387 e. The van der Waals surface area contributed by atoms with E-state index in [1.807, 2.05) is 0 Å². The Kier molecular flexibility index (Phi) is 4.83. The van der Waals surface area contributed by atoms with Gasteiger partial charge in [-0.05, 0) is 41.8 Å². The van der Waals surface area contributed by atoms with Gasteiger partial charge in [-0.2, -0.15) is 13.2 Å². The van der Waals surface area contributed by atoms with Crippen molar-refractivity contribution in [2.45, 2.75) is 24.7 Å². The van der Waals surface area contributed by atoms with Crippen molar-refractivity contribution >= 4 is 0 Å². The molecule has 22 heavy (non-hydrogen) atoms. The molecule has 0 saturated carbocycles. The molecule has 2 aromatic carbocycles. The zero-order valence-electron chi connectivity index (χ0n) is 11.5. The summed E-state index contributed by atoms with van der Waals surface area (Å²) in [5.74, 6) is -0.374. The fourth-order valence-electron chi connectivity index (χ4n) is 2.12. The summed E-state index contributed by atoms with van der Waals surface area (Å²) in [5, 5.41) is 10.1. The van der Waals surface area contributed by atoms with Crippen LogP contribution in [0.25, 0.3) is 0 Å². The van der Waals surface area contributed by atoms with Crippen molar-refractivity contribution in [2.75, 3.05) is 0 Å². The van der Waals surface area contributed by atoms with E-state index in [4.69, 9.17) is 5.73 Å². The van der Waals surface area contributed by atoms with E-state index in [9.17, 15) is 22.7 Å². The SMILES string of the molecule is N[C@H](Cc1ccc(F)cc1)[C@H](O)c1ccc(C(F)(F)F)cc1. The lowest BCUT2D eigenvalue weighted by molar-refractivity contribution is -0.137. The van der Waals surface area contributed by atoms with E-state index >= 15 is 0 Å². The Morgan fingerprint density at radius 2 is 1.50 bits per heavy atom. The molecule has 0 fully saturated rings. The molecule has 0 unspecified atom stereocenters. The quantitative estimate of drug-likeness (QED) is 0.849. The van der Waals surface area contributed by atoms with Gasteiger partial charge in [0.15, 0.2) is 0 Å². The van der Waals surface area contributed by atoms with E-state index in [1.54, 1.807) is 12.1 Å². The van der Waals surface area contributed by atoms with Crippen LogP contribution in [0.2, 0.25) is 0 Å². The molecule has 0 heterocycles. The maximum absolute atomic E-state index is 12.8. The van der Waals surface area contributed by atoms with Gasteiger partial charge in [-0.25, -0.2) is 4.39 Å². The van der Waals surface area contributed by atoms with Crippen LogP contribution in [-0.4, -0.2) is 11.1 Å². The van der Waals surface area contributed by atoms with Gasteiger partial charge in [0.05, 0.1) is 11.7 Å². The van der Waals surface area contributed by atoms with E-state index < -0.39 is 23.9 Å². The van der Waals surface area contributed by atoms with E-state index in [1.165, 1.54) is 24.3 Å². The van der Waals surface area contributed by atoms with Crippen LogP contribution in [0.1, 0.15) is 22.8 Å². The number of halogens is 4. The molecule has 0 aliphatic carbocycles. The number of aliphatic hydroxyl groups excluding tert-OH is 1. The Balaban J connectivity index is 2.06. The van der Waals surface area contributed by atoms with Crippen molar-refractivity contribution in [3.05, 3.63) is 71.0 Å². The molecular formula is C16H15F4NO. The van der Waals surface area contributed by atoms with Crippen molar-refractivity contribution in [3.63, 3.8) is 0 Å². The Hall–Kier alpha value is -1.92. The van der Waals surface area contributed by atoms with Crippen LogP contribution in [0.4, 0.5) is 17.6 Å². The highest BCUT2D eigenvalue weighted by Crippen LogP contribution is 2.30. The van der Waals surface area contributed by atoms with Crippen molar-refractivity contribution < 1.29 is 22.7 Å². The first kappa shape index (κ1) is 16.5. The zero-order chi connectivity index (χ0) is 16.3. The molecule has 118 valence electrons. The van der Waals surface area contributed by atoms with Gasteiger partial charge >= 0.3 is 6.18 Å². The van der Waals surface area contributed by atoms with Crippen LogP contribution >= 0.6 is 0 Å². The summed E-state index contributed by atoms with van der Waals surface area (Å²) in [6, 6.07) is 9.19. The Morgan fingerprint density at radius 1 is 0.955 bits per heavy atom. The molecule has 2 nitrogen and oxygen atoms in total. The highest BCUT2D eigenvalue weighted by Gasteiger charge is 2.30. The van der Waals surface area contributed by atoms with Gasteiger partial charge in [-0.15, -0.1) is 0 Å².